The van der Waals surface area contributed by atoms with Gasteiger partial charge in [0.05, 0.1) is 31.1 Å². The molecule has 1 N–H and O–H groups in total. The molecule has 1 aromatic carbocycles. The third-order valence-corrected chi connectivity index (χ3v) is 6.42. The number of aromatic nitrogens is 1. The molecule has 1 saturated carbocycles. The van der Waals surface area contributed by atoms with Crippen molar-refractivity contribution in [1.29, 1.82) is 0 Å². The van der Waals surface area contributed by atoms with Crippen molar-refractivity contribution in [1.82, 2.24) is 9.88 Å². The minimum Gasteiger partial charge on any atom is -0.377 e. The number of rotatable bonds is 6. The maximum Gasteiger partial charge on any atom is 2.00 e. The number of carbonyl (C=O) groups excluding carboxylic acids is 2. The van der Waals surface area contributed by atoms with Crippen LogP contribution in [0.15, 0.2) is 24.3 Å². The molecule has 0 unspecified atom stereocenters. The first-order valence-corrected chi connectivity index (χ1v) is 11.0. The normalized spacial score (nSPS) is 16.7. The average molecular weight is 701 g/mol. The van der Waals surface area contributed by atoms with Crippen LogP contribution >= 0.6 is 0 Å². The number of nitrogens with zero attached hydrogens (tertiary/aromatic N) is 1. The zero-order valence-corrected chi connectivity index (χ0v) is 23.6. The maximum atomic E-state index is 13.5. The van der Waals surface area contributed by atoms with Crippen LogP contribution in [0.4, 0.5) is 13.2 Å². The molecule has 2 heterocycles. The van der Waals surface area contributed by atoms with Crippen LogP contribution in [-0.4, -0.2) is 36.0 Å². The van der Waals surface area contributed by atoms with Crippen molar-refractivity contribution in [2.24, 2.45) is 5.92 Å². The minimum atomic E-state index is -4.60. The van der Waals surface area contributed by atoms with Crippen LogP contribution in [0.5, 0.6) is 0 Å². The van der Waals surface area contributed by atoms with E-state index in [1.807, 2.05) is 11.5 Å². The Morgan fingerprint density at radius 2 is 1.82 bits per heavy atom. The van der Waals surface area contributed by atoms with E-state index in [4.69, 9.17) is 4.74 Å². The molecule has 2 fully saturated rings. The second-order valence-electron chi connectivity index (χ2n) is 8.75. The number of hydrogen-bond acceptors (Lipinski definition) is 3. The van der Waals surface area contributed by atoms with Crippen LogP contribution in [-0.2, 0) is 22.3 Å². The first kappa shape index (κ1) is 28.7. The summed E-state index contributed by atoms with van der Waals surface area (Å²) in [6, 6.07) is 4.81. The molecule has 2 aromatic rings. The summed E-state index contributed by atoms with van der Waals surface area (Å²) in [5.74, 6) is 0.126. The Morgan fingerprint density at radius 1 is 1.15 bits per heavy atom. The number of nitrogens with one attached hydrogen (secondary N) is 1. The standard InChI is InChI=1S/C24H26F3N2O3.CH3.U/c1-15-21(23(31)28-20-13-32-14-20)10-22(29(15)11-16-5-3-2-4-6-16)18-7-17(12-30)8-19(9-18)24(25,26)27;;/h7-10,16,20H,2-6,11,13-14H2,1H3,(H,28,31);1H3;/q2*-1;+2. The zero-order valence-electron chi connectivity index (χ0n) is 19.4. The summed E-state index contributed by atoms with van der Waals surface area (Å²) < 4.78 is 47.4. The largest absolute Gasteiger partial charge is 2.00 e. The summed E-state index contributed by atoms with van der Waals surface area (Å²) in [6.07, 6.45) is 2.54. The molecule has 9 heteroatoms. The van der Waals surface area contributed by atoms with Crippen molar-refractivity contribution in [3.63, 3.8) is 0 Å². The first-order valence-electron chi connectivity index (χ1n) is 11.0. The van der Waals surface area contributed by atoms with Gasteiger partial charge in [0.1, 0.15) is 0 Å². The van der Waals surface area contributed by atoms with Gasteiger partial charge in [0.2, 0.25) is 0 Å². The van der Waals surface area contributed by atoms with Crippen LogP contribution < -0.4 is 5.32 Å². The summed E-state index contributed by atoms with van der Waals surface area (Å²) in [6.45, 7) is 3.34. The van der Waals surface area contributed by atoms with Gasteiger partial charge in [-0.2, -0.15) is 19.2 Å². The van der Waals surface area contributed by atoms with Crippen molar-refractivity contribution in [2.45, 2.75) is 57.8 Å². The molecule has 0 atom stereocenters. The van der Waals surface area contributed by atoms with Crippen molar-refractivity contribution in [2.75, 3.05) is 13.2 Å². The zero-order chi connectivity index (χ0) is 22.9. The third kappa shape index (κ3) is 6.35. The Balaban J connectivity index is 0.00000204. The predicted octanol–water partition coefficient (Wildman–Crippen LogP) is 5.10. The number of ether oxygens (including phenoxy) is 1. The Morgan fingerprint density at radius 3 is 2.38 bits per heavy atom. The fourth-order valence-electron chi connectivity index (χ4n) is 4.56. The predicted molar refractivity (Wildman–Crippen MR) is 119 cm³/mol. The number of carbonyl (C=O) groups is 1. The van der Waals surface area contributed by atoms with Crippen molar-refractivity contribution < 1.29 is 58.6 Å². The molecular weight excluding hydrogens is 671 g/mol. The summed E-state index contributed by atoms with van der Waals surface area (Å²) in [4.78, 5) is 24.1. The number of halogens is 3. The van der Waals surface area contributed by atoms with Crippen LogP contribution in [0.25, 0.3) is 11.3 Å². The van der Waals surface area contributed by atoms with E-state index in [0.29, 0.717) is 42.6 Å². The fraction of sp³-hybridized carbons (Fsp3) is 0.480. The fourth-order valence-corrected chi connectivity index (χ4v) is 4.56. The molecule has 34 heavy (non-hydrogen) atoms. The Bertz CT molecular complexity index is 1010. The van der Waals surface area contributed by atoms with E-state index in [1.165, 1.54) is 12.5 Å². The van der Waals surface area contributed by atoms with E-state index in [9.17, 15) is 22.8 Å². The van der Waals surface area contributed by atoms with E-state index in [0.717, 1.165) is 37.8 Å². The van der Waals surface area contributed by atoms with Gasteiger partial charge in [-0.05, 0) is 31.7 Å². The number of hydrogen-bond donors (Lipinski definition) is 1. The van der Waals surface area contributed by atoms with Crippen LogP contribution in [0, 0.1) is 51.4 Å². The van der Waals surface area contributed by atoms with Gasteiger partial charge in [-0.3, -0.25) is 4.79 Å². The molecule has 182 valence electrons. The minimum absolute atomic E-state index is 0. The van der Waals surface area contributed by atoms with E-state index in [1.54, 1.807) is 12.4 Å². The molecule has 1 amide bonds. The van der Waals surface area contributed by atoms with E-state index in [-0.39, 0.29) is 61.6 Å². The molecule has 1 aromatic heterocycles. The molecule has 2 aliphatic rings. The average Bonchev–Trinajstić information content (AvgIpc) is 3.06. The van der Waals surface area contributed by atoms with Crippen molar-refractivity contribution in [3.8, 4) is 11.3 Å². The summed E-state index contributed by atoms with van der Waals surface area (Å²) in [7, 11) is 0. The molecule has 4 rings (SSSR count). The number of amides is 1. The van der Waals surface area contributed by atoms with E-state index >= 15 is 0 Å². The molecule has 0 spiro atoms. The molecule has 5 nitrogen and oxygen atoms in total. The second kappa shape index (κ2) is 11.9. The molecule has 0 radical (unpaired) electrons. The van der Waals surface area contributed by atoms with Crippen LogP contribution in [0.3, 0.4) is 0 Å². The van der Waals surface area contributed by atoms with Gasteiger partial charge < -0.3 is 26.8 Å². The van der Waals surface area contributed by atoms with Gasteiger partial charge in [0.25, 0.3) is 5.91 Å². The smallest absolute Gasteiger partial charge is 0.377 e. The SMILES string of the molecule is Cc1c(C(=O)NC2COC2)cc(-c2cc([C-]=O)cc(C(F)(F)F)c2)n1CC1CCCCC1.[CH3-].[U+2]. The molecular formula is C25H29F3N2O3U. The summed E-state index contributed by atoms with van der Waals surface area (Å²) >= 11 is 0. The van der Waals surface area contributed by atoms with Gasteiger partial charge in [-0.25, -0.2) is 0 Å². The van der Waals surface area contributed by atoms with Gasteiger partial charge >= 0.3 is 37.3 Å². The van der Waals surface area contributed by atoms with Gasteiger partial charge in [-0.1, -0.05) is 30.9 Å². The Kier molecular flexibility index (Phi) is 10.1. The summed E-state index contributed by atoms with van der Waals surface area (Å²) in [5.41, 5.74) is 0.812. The molecule has 1 saturated heterocycles. The Hall–Kier alpha value is -1.56. The van der Waals surface area contributed by atoms with Crippen molar-refractivity contribution in [3.05, 3.63) is 54.1 Å². The Labute approximate surface area is 222 Å². The third-order valence-electron chi connectivity index (χ3n) is 6.42. The molecule has 1 aliphatic heterocycles. The molecule has 1 aliphatic carbocycles. The number of benzene rings is 1. The van der Waals surface area contributed by atoms with Gasteiger partial charge in [-0.15, -0.1) is 11.6 Å². The maximum absolute atomic E-state index is 13.5. The van der Waals surface area contributed by atoms with Crippen LogP contribution in [0.1, 0.15) is 59.3 Å². The topological polar surface area (TPSA) is 60.3 Å². The van der Waals surface area contributed by atoms with Gasteiger partial charge in [0.15, 0.2) is 0 Å². The quantitative estimate of drug-likeness (QED) is 0.427. The van der Waals surface area contributed by atoms with Gasteiger partial charge in [0, 0.05) is 23.5 Å². The van der Waals surface area contributed by atoms with E-state index < -0.39 is 11.7 Å². The van der Waals surface area contributed by atoms with E-state index in [2.05, 4.69) is 5.32 Å². The summed E-state index contributed by atoms with van der Waals surface area (Å²) in [5, 5.41) is 2.91. The monoisotopic (exact) mass is 700 g/mol. The number of alkyl halides is 3. The molecule has 0 bridgehead atoms. The van der Waals surface area contributed by atoms with Crippen molar-refractivity contribution >= 4 is 12.2 Å². The second-order valence-corrected chi connectivity index (χ2v) is 8.75. The van der Waals surface area contributed by atoms with Crippen LogP contribution in [0.2, 0.25) is 0 Å². The first-order chi connectivity index (χ1) is 15.3.